The van der Waals surface area contributed by atoms with Gasteiger partial charge in [-0.05, 0) is 24.6 Å². The van der Waals surface area contributed by atoms with Crippen molar-refractivity contribution in [2.75, 3.05) is 0 Å². The topological polar surface area (TPSA) is 22.1 Å². The lowest BCUT2D eigenvalue weighted by Crippen LogP contribution is -2.06. The fraction of sp³-hybridized carbons (Fsp3) is 0.154. The van der Waals surface area contributed by atoms with Crippen molar-refractivity contribution in [3.05, 3.63) is 52.7 Å². The molecule has 19 heavy (non-hydrogen) atoms. The van der Waals surface area contributed by atoms with Crippen molar-refractivity contribution in [3.63, 3.8) is 0 Å². The van der Waals surface area contributed by atoms with Gasteiger partial charge in [-0.2, -0.15) is 13.2 Å². The predicted molar refractivity (Wildman–Crippen MR) is 65.5 cm³/mol. The molecule has 0 aliphatic heterocycles. The van der Waals surface area contributed by atoms with Crippen molar-refractivity contribution in [1.29, 1.82) is 0 Å². The van der Waals surface area contributed by atoms with E-state index in [0.29, 0.717) is 5.75 Å². The summed E-state index contributed by atoms with van der Waals surface area (Å²) in [4.78, 5) is 3.73. The van der Waals surface area contributed by atoms with E-state index in [1.807, 2.05) is 0 Å². The molecule has 0 N–H and O–H groups in total. The number of alkyl halides is 3. The third-order valence-corrected chi connectivity index (χ3v) is 2.60. The zero-order valence-electron chi connectivity index (χ0n) is 9.83. The number of halogens is 4. The molecule has 100 valence electrons. The molecule has 0 amide bonds. The third-order valence-electron chi connectivity index (χ3n) is 2.41. The minimum atomic E-state index is -4.49. The second kappa shape index (κ2) is 5.09. The summed E-state index contributed by atoms with van der Waals surface area (Å²) in [6.45, 7) is 1.78. The Labute approximate surface area is 112 Å². The second-order valence-corrected chi connectivity index (χ2v) is 4.27. The molecule has 2 aromatic rings. The maximum atomic E-state index is 12.6. The van der Waals surface area contributed by atoms with E-state index in [9.17, 15) is 13.2 Å². The summed E-state index contributed by atoms with van der Waals surface area (Å²) >= 11 is 5.57. The molecule has 1 aromatic heterocycles. The van der Waals surface area contributed by atoms with Crippen LogP contribution in [-0.4, -0.2) is 4.98 Å². The van der Waals surface area contributed by atoms with Gasteiger partial charge in [-0.1, -0.05) is 29.8 Å². The fourth-order valence-corrected chi connectivity index (χ4v) is 1.67. The summed E-state index contributed by atoms with van der Waals surface area (Å²) in [6, 6.07) is 8.52. The normalized spacial score (nSPS) is 11.4. The molecule has 6 heteroatoms. The van der Waals surface area contributed by atoms with E-state index in [1.165, 1.54) is 0 Å². The van der Waals surface area contributed by atoms with Gasteiger partial charge in [-0.3, -0.25) is 0 Å². The average molecular weight is 288 g/mol. The number of hydrogen-bond acceptors (Lipinski definition) is 2. The van der Waals surface area contributed by atoms with Gasteiger partial charge in [0.1, 0.15) is 10.9 Å². The van der Waals surface area contributed by atoms with E-state index in [1.54, 1.807) is 31.2 Å². The lowest BCUT2D eigenvalue weighted by Gasteiger charge is -2.11. The highest BCUT2D eigenvalue weighted by atomic mass is 35.5. The molecule has 0 fully saturated rings. The number of rotatable bonds is 2. The Morgan fingerprint density at radius 1 is 1.16 bits per heavy atom. The molecule has 0 aliphatic rings. The standard InChI is InChI=1S/C13H9ClF3NO/c1-8-4-2-3-5-10(8)19-12-7-9(13(15,16)17)6-11(14)18-12/h2-7H,1H3. The number of aryl methyl sites for hydroxylation is 1. The maximum absolute atomic E-state index is 12.6. The van der Waals surface area contributed by atoms with Crippen molar-refractivity contribution in [3.8, 4) is 11.6 Å². The molecule has 0 radical (unpaired) electrons. The summed E-state index contributed by atoms with van der Waals surface area (Å²) in [5.74, 6) is 0.250. The van der Waals surface area contributed by atoms with Crippen LogP contribution in [0.25, 0.3) is 0 Å². The van der Waals surface area contributed by atoms with Crippen LogP contribution >= 0.6 is 11.6 Å². The number of aromatic nitrogens is 1. The van der Waals surface area contributed by atoms with Gasteiger partial charge in [-0.25, -0.2) is 4.98 Å². The first-order valence-corrected chi connectivity index (χ1v) is 5.72. The van der Waals surface area contributed by atoms with Crippen LogP contribution in [0, 0.1) is 6.92 Å². The van der Waals surface area contributed by atoms with E-state index in [-0.39, 0.29) is 11.0 Å². The zero-order valence-corrected chi connectivity index (χ0v) is 10.6. The Morgan fingerprint density at radius 2 is 1.84 bits per heavy atom. The third kappa shape index (κ3) is 3.38. The van der Waals surface area contributed by atoms with Crippen LogP contribution in [-0.2, 0) is 6.18 Å². The van der Waals surface area contributed by atoms with Crippen molar-refractivity contribution < 1.29 is 17.9 Å². The molecule has 2 rings (SSSR count). The molecule has 1 heterocycles. The Kier molecular flexibility index (Phi) is 3.66. The summed E-state index contributed by atoms with van der Waals surface area (Å²) in [6.07, 6.45) is -4.49. The summed E-state index contributed by atoms with van der Waals surface area (Å²) in [5, 5.41) is -0.265. The molecular formula is C13H9ClF3NO. The van der Waals surface area contributed by atoms with Crippen molar-refractivity contribution in [1.82, 2.24) is 4.98 Å². The van der Waals surface area contributed by atoms with Crippen molar-refractivity contribution >= 4 is 11.6 Å². The Hall–Kier alpha value is -1.75. The number of pyridine rings is 1. The van der Waals surface area contributed by atoms with E-state index < -0.39 is 11.7 Å². The van der Waals surface area contributed by atoms with Crippen LogP contribution in [0.5, 0.6) is 11.6 Å². The van der Waals surface area contributed by atoms with Gasteiger partial charge in [-0.15, -0.1) is 0 Å². The van der Waals surface area contributed by atoms with Crippen LogP contribution in [0.3, 0.4) is 0 Å². The smallest absolute Gasteiger partial charge is 0.416 e. The fourth-order valence-electron chi connectivity index (χ4n) is 1.47. The molecule has 2 nitrogen and oxygen atoms in total. The van der Waals surface area contributed by atoms with Crippen LogP contribution in [0.2, 0.25) is 5.15 Å². The van der Waals surface area contributed by atoms with Crippen molar-refractivity contribution in [2.45, 2.75) is 13.1 Å². The first-order chi connectivity index (χ1) is 8.86. The molecule has 0 saturated heterocycles. The molecule has 0 unspecified atom stereocenters. The highest BCUT2D eigenvalue weighted by Crippen LogP contribution is 2.34. The van der Waals surface area contributed by atoms with E-state index in [2.05, 4.69) is 4.98 Å². The highest BCUT2D eigenvalue weighted by Gasteiger charge is 2.31. The lowest BCUT2D eigenvalue weighted by atomic mass is 10.2. The number of ether oxygens (including phenoxy) is 1. The van der Waals surface area contributed by atoms with Crippen LogP contribution in [0.15, 0.2) is 36.4 Å². The minimum Gasteiger partial charge on any atom is -0.439 e. The molecule has 0 bridgehead atoms. The van der Waals surface area contributed by atoms with Crippen molar-refractivity contribution in [2.24, 2.45) is 0 Å². The monoisotopic (exact) mass is 287 g/mol. The minimum absolute atomic E-state index is 0.186. The van der Waals surface area contributed by atoms with Gasteiger partial charge in [0.25, 0.3) is 0 Å². The summed E-state index contributed by atoms with van der Waals surface area (Å²) in [5.41, 5.74) is -0.103. The molecule has 0 atom stereocenters. The maximum Gasteiger partial charge on any atom is 0.416 e. The molecular weight excluding hydrogens is 279 g/mol. The average Bonchev–Trinajstić information content (AvgIpc) is 2.30. The number of para-hydroxylation sites is 1. The van der Waals surface area contributed by atoms with Gasteiger partial charge in [0, 0.05) is 6.07 Å². The number of nitrogens with zero attached hydrogens (tertiary/aromatic N) is 1. The number of hydrogen-bond donors (Lipinski definition) is 0. The van der Waals surface area contributed by atoms with Gasteiger partial charge >= 0.3 is 6.18 Å². The van der Waals surface area contributed by atoms with Crippen LogP contribution in [0.1, 0.15) is 11.1 Å². The predicted octanol–water partition coefficient (Wildman–Crippen LogP) is 4.85. The quantitative estimate of drug-likeness (QED) is 0.736. The van der Waals surface area contributed by atoms with Gasteiger partial charge < -0.3 is 4.74 Å². The molecule has 0 spiro atoms. The Morgan fingerprint density at radius 3 is 2.47 bits per heavy atom. The van der Waals surface area contributed by atoms with Crippen LogP contribution < -0.4 is 4.74 Å². The molecule has 1 aromatic carbocycles. The van der Waals surface area contributed by atoms with Gasteiger partial charge in [0.15, 0.2) is 0 Å². The number of benzene rings is 1. The highest BCUT2D eigenvalue weighted by molar-refractivity contribution is 6.29. The zero-order chi connectivity index (χ0) is 14.0. The van der Waals surface area contributed by atoms with E-state index in [0.717, 1.165) is 17.7 Å². The molecule has 0 saturated carbocycles. The Bertz CT molecular complexity index is 599. The molecule has 0 aliphatic carbocycles. The summed E-state index contributed by atoms with van der Waals surface area (Å²) < 4.78 is 43.2. The first-order valence-electron chi connectivity index (χ1n) is 5.34. The first kappa shape index (κ1) is 13.7. The van der Waals surface area contributed by atoms with Gasteiger partial charge in [0.05, 0.1) is 5.56 Å². The second-order valence-electron chi connectivity index (χ2n) is 3.88. The van der Waals surface area contributed by atoms with E-state index in [4.69, 9.17) is 16.3 Å². The largest absolute Gasteiger partial charge is 0.439 e. The SMILES string of the molecule is Cc1ccccc1Oc1cc(C(F)(F)F)cc(Cl)n1. The lowest BCUT2D eigenvalue weighted by molar-refractivity contribution is -0.137. The van der Waals surface area contributed by atoms with Gasteiger partial charge in [0.2, 0.25) is 5.88 Å². The Balaban J connectivity index is 2.36. The van der Waals surface area contributed by atoms with E-state index >= 15 is 0 Å². The van der Waals surface area contributed by atoms with Crippen LogP contribution in [0.4, 0.5) is 13.2 Å². The summed E-state index contributed by atoms with van der Waals surface area (Å²) in [7, 11) is 0.